The van der Waals surface area contributed by atoms with Crippen LogP contribution in [0.15, 0.2) is 15.7 Å². The van der Waals surface area contributed by atoms with Crippen LogP contribution in [0.25, 0.3) is 0 Å². The number of hydrogen-bond acceptors (Lipinski definition) is 6. The number of hydrogen-bond donors (Lipinski definition) is 4. The number of carbonyl (C=O) groups excluding carboxylic acids is 2. The van der Waals surface area contributed by atoms with Gasteiger partial charge in [0.1, 0.15) is 5.82 Å². The number of anilines is 1. The SMILES string of the molecule is CN1CCC(N(C)C(=O)CCNC(=O)N[C@H]2CCN(c3cc(=O)[nH]c(=O)[nH]3)C2)CC1. The first-order chi connectivity index (χ1) is 14.3. The molecule has 3 heterocycles. The fraction of sp³-hybridized carbons (Fsp3) is 0.684. The molecule has 0 radical (unpaired) electrons. The molecule has 0 unspecified atom stereocenters. The van der Waals surface area contributed by atoms with Crippen molar-refractivity contribution in [3.05, 3.63) is 26.9 Å². The molecule has 3 amide bonds. The van der Waals surface area contributed by atoms with E-state index in [1.807, 2.05) is 16.8 Å². The van der Waals surface area contributed by atoms with Crippen LogP contribution in [0.3, 0.4) is 0 Å². The minimum atomic E-state index is -0.554. The van der Waals surface area contributed by atoms with Gasteiger partial charge in [-0.2, -0.15) is 0 Å². The first-order valence-corrected chi connectivity index (χ1v) is 10.4. The predicted molar refractivity (Wildman–Crippen MR) is 113 cm³/mol. The first kappa shape index (κ1) is 21.9. The third-order valence-corrected chi connectivity index (χ3v) is 5.86. The Morgan fingerprint density at radius 3 is 2.60 bits per heavy atom. The van der Waals surface area contributed by atoms with Gasteiger partial charge in [-0.3, -0.25) is 19.6 Å². The Kier molecular flexibility index (Phi) is 7.14. The van der Waals surface area contributed by atoms with Crippen LogP contribution in [-0.4, -0.2) is 90.6 Å². The molecule has 0 spiro atoms. The van der Waals surface area contributed by atoms with Crippen molar-refractivity contribution in [3.8, 4) is 0 Å². The van der Waals surface area contributed by atoms with E-state index in [1.54, 1.807) is 0 Å². The van der Waals surface area contributed by atoms with Crippen LogP contribution in [0.1, 0.15) is 25.7 Å². The summed E-state index contributed by atoms with van der Waals surface area (Å²) < 4.78 is 0. The summed E-state index contributed by atoms with van der Waals surface area (Å²) in [7, 11) is 3.92. The summed E-state index contributed by atoms with van der Waals surface area (Å²) in [5.74, 6) is 0.478. The minimum absolute atomic E-state index is 0.0372. The molecule has 2 aliphatic rings. The van der Waals surface area contributed by atoms with E-state index in [1.165, 1.54) is 6.07 Å². The van der Waals surface area contributed by atoms with Crippen LogP contribution < -0.4 is 26.8 Å². The number of urea groups is 1. The second-order valence-electron chi connectivity index (χ2n) is 8.09. The number of nitrogens with one attached hydrogen (secondary N) is 4. The molecule has 0 aromatic carbocycles. The van der Waals surface area contributed by atoms with Crippen LogP contribution in [0.4, 0.5) is 10.6 Å². The molecular weight excluding hydrogens is 390 g/mol. The number of carbonyl (C=O) groups is 2. The normalized spacial score (nSPS) is 20.2. The van der Waals surface area contributed by atoms with Crippen molar-refractivity contribution in [2.45, 2.75) is 37.8 Å². The highest BCUT2D eigenvalue weighted by Crippen LogP contribution is 2.16. The molecule has 2 aliphatic heterocycles. The van der Waals surface area contributed by atoms with Crippen LogP contribution in [-0.2, 0) is 4.79 Å². The summed E-state index contributed by atoms with van der Waals surface area (Å²) in [5.41, 5.74) is -1.01. The second kappa shape index (κ2) is 9.79. The Bertz CT molecular complexity index is 831. The van der Waals surface area contributed by atoms with Gasteiger partial charge >= 0.3 is 11.7 Å². The highest BCUT2D eigenvalue weighted by atomic mass is 16.2. The molecule has 2 saturated heterocycles. The van der Waals surface area contributed by atoms with Crippen LogP contribution >= 0.6 is 0 Å². The summed E-state index contributed by atoms with van der Waals surface area (Å²) >= 11 is 0. The van der Waals surface area contributed by atoms with Crippen molar-refractivity contribution in [2.24, 2.45) is 0 Å². The van der Waals surface area contributed by atoms with Gasteiger partial charge in [-0.15, -0.1) is 0 Å². The number of amides is 3. The average molecular weight is 422 g/mol. The summed E-state index contributed by atoms with van der Waals surface area (Å²) in [4.78, 5) is 58.0. The molecule has 2 fully saturated rings. The zero-order valence-corrected chi connectivity index (χ0v) is 17.6. The van der Waals surface area contributed by atoms with Crippen LogP contribution in [0, 0.1) is 0 Å². The zero-order valence-electron chi connectivity index (χ0n) is 17.6. The molecule has 0 aliphatic carbocycles. The van der Waals surface area contributed by atoms with Crippen LogP contribution in [0.5, 0.6) is 0 Å². The van der Waals surface area contributed by atoms with E-state index in [0.717, 1.165) is 25.9 Å². The highest BCUT2D eigenvalue weighted by Gasteiger charge is 2.26. The lowest BCUT2D eigenvalue weighted by molar-refractivity contribution is -0.132. The third-order valence-electron chi connectivity index (χ3n) is 5.86. The topological polar surface area (TPSA) is 134 Å². The minimum Gasteiger partial charge on any atom is -0.356 e. The monoisotopic (exact) mass is 421 g/mol. The maximum Gasteiger partial charge on any atom is 0.327 e. The van der Waals surface area contributed by atoms with E-state index >= 15 is 0 Å². The van der Waals surface area contributed by atoms with Gasteiger partial charge in [-0.1, -0.05) is 0 Å². The lowest BCUT2D eigenvalue weighted by Crippen LogP contribution is -2.46. The molecule has 166 valence electrons. The van der Waals surface area contributed by atoms with Crippen molar-refractivity contribution < 1.29 is 9.59 Å². The molecule has 0 bridgehead atoms. The average Bonchev–Trinajstić information content (AvgIpc) is 3.15. The van der Waals surface area contributed by atoms with E-state index in [-0.39, 0.29) is 37.0 Å². The summed E-state index contributed by atoms with van der Waals surface area (Å²) in [6, 6.07) is 1.17. The molecular formula is C19H31N7O4. The molecule has 30 heavy (non-hydrogen) atoms. The number of rotatable bonds is 6. The fourth-order valence-electron chi connectivity index (χ4n) is 4.00. The second-order valence-corrected chi connectivity index (χ2v) is 8.09. The maximum absolute atomic E-state index is 12.4. The van der Waals surface area contributed by atoms with E-state index in [9.17, 15) is 19.2 Å². The number of aromatic amines is 2. The first-order valence-electron chi connectivity index (χ1n) is 10.4. The van der Waals surface area contributed by atoms with Gasteiger partial charge in [0, 0.05) is 51.3 Å². The van der Waals surface area contributed by atoms with Crippen molar-refractivity contribution in [1.29, 1.82) is 0 Å². The molecule has 11 heteroatoms. The number of nitrogens with zero attached hydrogens (tertiary/aromatic N) is 3. The van der Waals surface area contributed by atoms with E-state index in [2.05, 4.69) is 32.5 Å². The van der Waals surface area contributed by atoms with Gasteiger partial charge in [0.25, 0.3) is 5.56 Å². The van der Waals surface area contributed by atoms with Crippen molar-refractivity contribution >= 4 is 17.8 Å². The van der Waals surface area contributed by atoms with Crippen LogP contribution in [0.2, 0.25) is 0 Å². The Morgan fingerprint density at radius 2 is 1.90 bits per heavy atom. The lowest BCUT2D eigenvalue weighted by atomic mass is 10.0. The Morgan fingerprint density at radius 1 is 1.17 bits per heavy atom. The standard InChI is InChI=1S/C19H31N7O4/c1-24-8-5-14(6-9-24)25(2)17(28)3-7-20-18(29)21-13-4-10-26(12-13)15-11-16(27)23-19(30)22-15/h11,13-14H,3-10,12H2,1-2H3,(H2,20,21,29)(H2,22,23,27,30)/t13-/m0/s1. The highest BCUT2D eigenvalue weighted by molar-refractivity contribution is 5.78. The van der Waals surface area contributed by atoms with Gasteiger partial charge in [0.05, 0.1) is 0 Å². The van der Waals surface area contributed by atoms with E-state index in [4.69, 9.17) is 0 Å². The number of H-pyrrole nitrogens is 2. The maximum atomic E-state index is 12.4. The zero-order chi connectivity index (χ0) is 21.7. The Labute approximate surface area is 174 Å². The smallest absolute Gasteiger partial charge is 0.327 e. The third kappa shape index (κ3) is 5.85. The molecule has 0 saturated carbocycles. The summed E-state index contributed by atoms with van der Waals surface area (Å²) in [5, 5.41) is 5.62. The summed E-state index contributed by atoms with van der Waals surface area (Å²) in [6.07, 6.45) is 2.91. The van der Waals surface area contributed by atoms with E-state index in [0.29, 0.717) is 25.3 Å². The van der Waals surface area contributed by atoms with E-state index < -0.39 is 11.2 Å². The number of aromatic nitrogens is 2. The molecule has 3 rings (SSSR count). The molecule has 1 aromatic heterocycles. The quantitative estimate of drug-likeness (QED) is 0.460. The summed E-state index contributed by atoms with van der Waals surface area (Å²) in [6.45, 7) is 3.37. The fourth-order valence-corrected chi connectivity index (χ4v) is 4.00. The Balaban J connectivity index is 1.37. The van der Waals surface area contributed by atoms with Gasteiger partial charge < -0.3 is 25.3 Å². The van der Waals surface area contributed by atoms with Crippen molar-refractivity contribution in [3.63, 3.8) is 0 Å². The van der Waals surface area contributed by atoms with Gasteiger partial charge in [0.2, 0.25) is 5.91 Å². The molecule has 1 atom stereocenters. The van der Waals surface area contributed by atoms with Gasteiger partial charge in [-0.25, -0.2) is 9.59 Å². The molecule has 1 aromatic rings. The number of piperidine rings is 1. The van der Waals surface area contributed by atoms with Gasteiger partial charge in [-0.05, 0) is 39.4 Å². The van der Waals surface area contributed by atoms with Crippen molar-refractivity contribution in [1.82, 2.24) is 30.4 Å². The largest absolute Gasteiger partial charge is 0.356 e. The number of likely N-dealkylation sites (tertiary alicyclic amines) is 1. The Hall–Kier alpha value is -2.82. The van der Waals surface area contributed by atoms with Gasteiger partial charge in [0.15, 0.2) is 0 Å². The molecule has 11 nitrogen and oxygen atoms in total. The molecule has 4 N–H and O–H groups in total. The predicted octanol–water partition coefficient (Wildman–Crippen LogP) is -1.12. The van der Waals surface area contributed by atoms with Crippen molar-refractivity contribution in [2.75, 3.05) is 51.7 Å². The lowest BCUT2D eigenvalue weighted by Gasteiger charge is -2.35.